The molecule has 10 nitrogen and oxygen atoms in total. The fourth-order valence-corrected chi connectivity index (χ4v) is 3.14. The third-order valence-corrected chi connectivity index (χ3v) is 4.69. The number of fused-ring (bicyclic) bond motifs is 1. The summed E-state index contributed by atoms with van der Waals surface area (Å²) in [6.07, 6.45) is 2.78. The fraction of sp³-hybridized carbons (Fsp3) is 0.143. The highest BCUT2D eigenvalue weighted by molar-refractivity contribution is 6.53. The van der Waals surface area contributed by atoms with Crippen LogP contribution in [0.25, 0.3) is 0 Å². The number of carbonyl (C=O) groups excluding carboxylic acids is 1. The molecule has 0 radical (unpaired) electrons. The van der Waals surface area contributed by atoms with E-state index in [0.29, 0.717) is 18.1 Å². The fourth-order valence-electron chi connectivity index (χ4n) is 3.14. The number of ether oxygens (including phenoxy) is 1. The Hall–Kier alpha value is -4.34. The van der Waals surface area contributed by atoms with Crippen molar-refractivity contribution in [2.45, 2.75) is 13.5 Å². The molecule has 0 spiro atoms. The lowest BCUT2D eigenvalue weighted by Gasteiger charge is -2.06. The maximum atomic E-state index is 12.0. The van der Waals surface area contributed by atoms with Gasteiger partial charge in [-0.15, -0.1) is 5.10 Å². The van der Waals surface area contributed by atoms with Gasteiger partial charge in [0, 0.05) is 12.5 Å². The second-order valence-corrected chi connectivity index (χ2v) is 6.68. The van der Waals surface area contributed by atoms with Gasteiger partial charge in [0.15, 0.2) is 11.5 Å². The van der Waals surface area contributed by atoms with Crippen molar-refractivity contribution >= 4 is 29.3 Å². The zero-order valence-corrected chi connectivity index (χ0v) is 16.6. The largest absolute Gasteiger partial charge is 0.489 e. The average Bonchev–Trinajstić information content (AvgIpc) is 3.29. The van der Waals surface area contributed by atoms with E-state index in [0.717, 1.165) is 16.8 Å². The van der Waals surface area contributed by atoms with Crippen molar-refractivity contribution in [1.82, 2.24) is 9.55 Å². The Morgan fingerprint density at radius 1 is 1.23 bits per heavy atom. The Morgan fingerprint density at radius 2 is 2.00 bits per heavy atom. The number of nitrogens with zero attached hydrogens (tertiary/aromatic N) is 5. The molecule has 1 aliphatic rings. The maximum absolute atomic E-state index is 12.0. The molecular formula is C21H18N6O4. The van der Waals surface area contributed by atoms with Crippen molar-refractivity contribution in [3.8, 4) is 5.75 Å². The lowest BCUT2D eigenvalue weighted by Crippen LogP contribution is -2.13. The van der Waals surface area contributed by atoms with Crippen molar-refractivity contribution in [1.29, 1.82) is 0 Å². The van der Waals surface area contributed by atoms with E-state index in [-0.39, 0.29) is 24.0 Å². The van der Waals surface area contributed by atoms with Crippen LogP contribution in [0.3, 0.4) is 0 Å². The number of rotatable bonds is 7. The standard InChI is InChI=1S/C21H18N6O4/c1-14-22-13-19(27(29)30)26(14)10-11-31-16-8-6-15(7-9-16)12-23-25-20-17-4-2-3-5-18(17)24-21(20)28/h2-9,12-13H,10-11H2,1H3,(H,24,25,28)/b23-12+. The van der Waals surface area contributed by atoms with Gasteiger partial charge in [-0.3, -0.25) is 4.79 Å². The lowest BCUT2D eigenvalue weighted by atomic mass is 10.1. The molecule has 3 aromatic rings. The van der Waals surface area contributed by atoms with Crippen molar-refractivity contribution in [3.05, 3.63) is 81.8 Å². The van der Waals surface area contributed by atoms with Crippen molar-refractivity contribution in [2.75, 3.05) is 11.9 Å². The third kappa shape index (κ3) is 4.32. The Balaban J connectivity index is 1.35. The van der Waals surface area contributed by atoms with E-state index < -0.39 is 4.92 Å². The van der Waals surface area contributed by atoms with Gasteiger partial charge in [-0.2, -0.15) is 5.10 Å². The minimum Gasteiger partial charge on any atom is -0.489 e. The predicted octanol–water partition coefficient (Wildman–Crippen LogP) is 2.95. The minimum atomic E-state index is -0.467. The van der Waals surface area contributed by atoms with Gasteiger partial charge in [0.1, 0.15) is 25.1 Å². The molecule has 1 amide bonds. The van der Waals surface area contributed by atoms with E-state index in [2.05, 4.69) is 20.5 Å². The molecule has 156 valence electrons. The molecule has 0 unspecified atom stereocenters. The minimum absolute atomic E-state index is 0.0622. The molecule has 0 saturated carbocycles. The van der Waals surface area contributed by atoms with Crippen molar-refractivity contribution in [3.63, 3.8) is 0 Å². The molecule has 1 N–H and O–H groups in total. The second-order valence-electron chi connectivity index (χ2n) is 6.68. The van der Waals surface area contributed by atoms with E-state index in [1.807, 2.05) is 24.3 Å². The Morgan fingerprint density at radius 3 is 2.77 bits per heavy atom. The molecule has 1 aromatic heterocycles. The van der Waals surface area contributed by atoms with Crippen LogP contribution in [0.5, 0.6) is 5.75 Å². The molecule has 31 heavy (non-hydrogen) atoms. The number of amides is 1. The number of nitrogens with one attached hydrogen (secondary N) is 1. The van der Waals surface area contributed by atoms with E-state index in [1.165, 1.54) is 10.8 Å². The second kappa shape index (κ2) is 8.57. The Kier molecular flexibility index (Phi) is 5.52. The van der Waals surface area contributed by atoms with Crippen LogP contribution >= 0.6 is 0 Å². The van der Waals surface area contributed by atoms with Crippen molar-refractivity contribution in [2.24, 2.45) is 10.2 Å². The van der Waals surface area contributed by atoms with E-state index in [9.17, 15) is 14.9 Å². The highest BCUT2D eigenvalue weighted by atomic mass is 16.6. The third-order valence-electron chi connectivity index (χ3n) is 4.69. The molecule has 10 heteroatoms. The first-order valence-electron chi connectivity index (χ1n) is 9.44. The van der Waals surface area contributed by atoms with Gasteiger partial charge in [0.25, 0.3) is 5.91 Å². The summed E-state index contributed by atoms with van der Waals surface area (Å²) < 4.78 is 7.16. The van der Waals surface area contributed by atoms with Crippen LogP contribution < -0.4 is 10.1 Å². The van der Waals surface area contributed by atoms with Crippen LogP contribution in [0.1, 0.15) is 17.0 Å². The molecule has 0 fully saturated rings. The smallest absolute Gasteiger partial charge is 0.342 e. The van der Waals surface area contributed by atoms with Crippen LogP contribution in [0, 0.1) is 17.0 Å². The number of imidazole rings is 1. The quantitative estimate of drug-likeness (QED) is 0.359. The van der Waals surface area contributed by atoms with Gasteiger partial charge in [0.05, 0.1) is 11.9 Å². The summed E-state index contributed by atoms with van der Waals surface area (Å²) in [5.74, 6) is 0.832. The summed E-state index contributed by atoms with van der Waals surface area (Å²) in [6.45, 7) is 2.28. The predicted molar refractivity (Wildman–Crippen MR) is 115 cm³/mol. The van der Waals surface area contributed by atoms with Crippen LogP contribution in [-0.4, -0.2) is 38.9 Å². The highest BCUT2D eigenvalue weighted by Crippen LogP contribution is 2.22. The number of hydrogen-bond donors (Lipinski definition) is 1. The molecular weight excluding hydrogens is 400 g/mol. The molecule has 0 bridgehead atoms. The van der Waals surface area contributed by atoms with Crippen LogP contribution in [-0.2, 0) is 11.3 Å². The van der Waals surface area contributed by atoms with E-state index >= 15 is 0 Å². The van der Waals surface area contributed by atoms with Crippen LogP contribution in [0.2, 0.25) is 0 Å². The van der Waals surface area contributed by atoms with E-state index in [1.54, 1.807) is 37.4 Å². The number of aryl methyl sites for hydroxylation is 1. The van der Waals surface area contributed by atoms with Crippen molar-refractivity contribution < 1.29 is 14.5 Å². The molecule has 4 rings (SSSR count). The van der Waals surface area contributed by atoms with Gasteiger partial charge in [-0.05, 0) is 40.8 Å². The van der Waals surface area contributed by atoms with Gasteiger partial charge >= 0.3 is 5.82 Å². The Labute approximate surface area is 177 Å². The number of anilines is 1. The van der Waals surface area contributed by atoms with Gasteiger partial charge in [0.2, 0.25) is 0 Å². The Bertz CT molecular complexity index is 1200. The number of carbonyl (C=O) groups is 1. The van der Waals surface area contributed by atoms with Crippen LogP contribution in [0.4, 0.5) is 11.5 Å². The molecule has 1 aliphatic heterocycles. The molecule has 0 aliphatic carbocycles. The molecule has 0 atom stereocenters. The topological polar surface area (TPSA) is 124 Å². The maximum Gasteiger partial charge on any atom is 0.342 e. The number of hydrogen-bond acceptors (Lipinski definition) is 7. The normalized spacial score (nSPS) is 14.1. The van der Waals surface area contributed by atoms with Crippen LogP contribution in [0.15, 0.2) is 64.9 Å². The number of aromatic nitrogens is 2. The number of para-hydroxylation sites is 1. The summed E-state index contributed by atoms with van der Waals surface area (Å²) in [5, 5.41) is 21.8. The monoisotopic (exact) mass is 418 g/mol. The first-order valence-corrected chi connectivity index (χ1v) is 9.44. The molecule has 0 saturated heterocycles. The highest BCUT2D eigenvalue weighted by Gasteiger charge is 2.25. The zero-order chi connectivity index (χ0) is 21.8. The van der Waals surface area contributed by atoms with Gasteiger partial charge in [-0.25, -0.2) is 9.55 Å². The summed E-state index contributed by atoms with van der Waals surface area (Å²) in [7, 11) is 0. The summed E-state index contributed by atoms with van der Waals surface area (Å²) in [4.78, 5) is 26.5. The van der Waals surface area contributed by atoms with Gasteiger partial charge < -0.3 is 20.2 Å². The number of nitro groups is 1. The summed E-state index contributed by atoms with van der Waals surface area (Å²) in [6, 6.07) is 14.4. The molecule has 2 aromatic carbocycles. The average molecular weight is 418 g/mol. The number of benzene rings is 2. The first-order chi connectivity index (χ1) is 15.0. The zero-order valence-electron chi connectivity index (χ0n) is 16.6. The summed E-state index contributed by atoms with van der Waals surface area (Å²) in [5.41, 5.74) is 2.50. The SMILES string of the molecule is Cc1ncc([N+](=O)[O-])n1CCOc1ccc(/C=N/N=C2\C(=O)Nc3ccccc32)cc1. The first kappa shape index (κ1) is 20.0. The summed E-state index contributed by atoms with van der Waals surface area (Å²) >= 11 is 0. The lowest BCUT2D eigenvalue weighted by molar-refractivity contribution is -0.392. The van der Waals surface area contributed by atoms with Gasteiger partial charge in [-0.1, -0.05) is 18.2 Å². The van der Waals surface area contributed by atoms with E-state index in [4.69, 9.17) is 4.74 Å². The molecule has 2 heterocycles.